The molecule has 3 nitrogen and oxygen atoms in total. The molecule has 1 rings (SSSR count). The first kappa shape index (κ1) is 13.4. The molecule has 0 aliphatic rings. The van der Waals surface area contributed by atoms with Crippen molar-refractivity contribution in [2.24, 2.45) is 11.7 Å². The Bertz CT molecular complexity index is 375. The first-order valence-electron chi connectivity index (χ1n) is 5.35. The fourth-order valence-electron chi connectivity index (χ4n) is 1.46. The van der Waals surface area contributed by atoms with Gasteiger partial charge in [-0.25, -0.2) is 0 Å². The van der Waals surface area contributed by atoms with Gasteiger partial charge < -0.3 is 11.1 Å². The summed E-state index contributed by atoms with van der Waals surface area (Å²) >= 11 is 2.25. The first-order valence-corrected chi connectivity index (χ1v) is 6.43. The Balaban J connectivity index is 2.76. The van der Waals surface area contributed by atoms with Crippen LogP contribution in [0.25, 0.3) is 0 Å². The van der Waals surface area contributed by atoms with Crippen molar-refractivity contribution in [1.29, 1.82) is 0 Å². The number of carbonyl (C=O) groups is 1. The average molecular weight is 332 g/mol. The van der Waals surface area contributed by atoms with Crippen LogP contribution in [-0.4, -0.2) is 12.5 Å². The van der Waals surface area contributed by atoms with Crippen LogP contribution in [0, 0.1) is 16.4 Å². The van der Waals surface area contributed by atoms with Crippen molar-refractivity contribution in [1.82, 2.24) is 0 Å². The molecule has 1 unspecified atom stereocenters. The van der Waals surface area contributed by atoms with Crippen molar-refractivity contribution in [3.8, 4) is 0 Å². The second-order valence-corrected chi connectivity index (χ2v) is 5.04. The lowest BCUT2D eigenvalue weighted by Gasteiger charge is -2.14. The summed E-state index contributed by atoms with van der Waals surface area (Å²) in [7, 11) is 0. The number of hydrogen-bond donors (Lipinski definition) is 2. The van der Waals surface area contributed by atoms with E-state index < -0.39 is 0 Å². The van der Waals surface area contributed by atoms with Crippen LogP contribution in [0.5, 0.6) is 0 Å². The zero-order valence-electron chi connectivity index (χ0n) is 9.59. The van der Waals surface area contributed by atoms with E-state index in [2.05, 4.69) is 27.9 Å². The molecule has 16 heavy (non-hydrogen) atoms. The van der Waals surface area contributed by atoms with Gasteiger partial charge in [0.25, 0.3) is 0 Å². The monoisotopic (exact) mass is 332 g/mol. The van der Waals surface area contributed by atoms with Crippen LogP contribution < -0.4 is 11.1 Å². The van der Waals surface area contributed by atoms with Crippen LogP contribution in [0.2, 0.25) is 0 Å². The molecule has 0 fully saturated rings. The highest BCUT2D eigenvalue weighted by molar-refractivity contribution is 14.1. The predicted octanol–water partition coefficient (Wildman–Crippen LogP) is 2.52. The summed E-state index contributed by atoms with van der Waals surface area (Å²) in [6.07, 6.45) is 0.770. The predicted molar refractivity (Wildman–Crippen MR) is 75.4 cm³/mol. The molecule has 1 aromatic rings. The first-order chi connectivity index (χ1) is 7.58. The molecule has 0 aliphatic heterocycles. The van der Waals surface area contributed by atoms with E-state index in [1.54, 1.807) is 0 Å². The van der Waals surface area contributed by atoms with Crippen molar-refractivity contribution in [2.45, 2.75) is 20.3 Å². The molecule has 1 amide bonds. The largest absolute Gasteiger partial charge is 0.330 e. The Hall–Kier alpha value is -0.620. The third-order valence-corrected chi connectivity index (χ3v) is 3.27. The maximum atomic E-state index is 11.8. The highest BCUT2D eigenvalue weighted by Crippen LogP contribution is 2.18. The van der Waals surface area contributed by atoms with Gasteiger partial charge in [0.1, 0.15) is 0 Å². The van der Waals surface area contributed by atoms with Crippen molar-refractivity contribution in [3.05, 3.63) is 27.3 Å². The summed E-state index contributed by atoms with van der Waals surface area (Å²) in [5.74, 6) is -0.0898. The zero-order valence-corrected chi connectivity index (χ0v) is 11.7. The van der Waals surface area contributed by atoms with Gasteiger partial charge in [-0.1, -0.05) is 6.92 Å². The second kappa shape index (κ2) is 6.20. The number of aryl methyl sites for hydroxylation is 1. The fourth-order valence-corrected chi connectivity index (χ4v) is 2.11. The van der Waals surface area contributed by atoms with E-state index in [4.69, 9.17) is 5.73 Å². The van der Waals surface area contributed by atoms with Gasteiger partial charge in [-0.15, -0.1) is 0 Å². The number of rotatable bonds is 4. The van der Waals surface area contributed by atoms with E-state index in [1.165, 1.54) is 3.57 Å². The van der Waals surface area contributed by atoms with E-state index in [1.807, 2.05) is 32.0 Å². The van der Waals surface area contributed by atoms with E-state index >= 15 is 0 Å². The third kappa shape index (κ3) is 3.45. The van der Waals surface area contributed by atoms with E-state index in [0.717, 1.165) is 17.7 Å². The number of hydrogen-bond acceptors (Lipinski definition) is 2. The number of nitrogens with two attached hydrogens (primary N) is 1. The molecular formula is C12H17IN2O. The van der Waals surface area contributed by atoms with Crippen LogP contribution >= 0.6 is 22.6 Å². The molecule has 0 heterocycles. The lowest BCUT2D eigenvalue weighted by molar-refractivity contribution is -0.119. The third-order valence-electron chi connectivity index (χ3n) is 2.59. The quantitative estimate of drug-likeness (QED) is 0.833. The van der Waals surface area contributed by atoms with Crippen molar-refractivity contribution in [2.75, 3.05) is 11.9 Å². The zero-order chi connectivity index (χ0) is 12.1. The lowest BCUT2D eigenvalue weighted by atomic mass is 10.1. The number of anilines is 1. The van der Waals surface area contributed by atoms with E-state index in [-0.39, 0.29) is 11.8 Å². The average Bonchev–Trinajstić information content (AvgIpc) is 2.24. The highest BCUT2D eigenvalue weighted by atomic mass is 127. The molecule has 0 saturated heterocycles. The Labute approximate surface area is 110 Å². The van der Waals surface area contributed by atoms with Crippen LogP contribution in [0.15, 0.2) is 18.2 Å². The summed E-state index contributed by atoms with van der Waals surface area (Å²) in [5.41, 5.74) is 7.49. The molecule has 1 aromatic carbocycles. The van der Waals surface area contributed by atoms with Gasteiger partial charge in [0.05, 0.1) is 5.92 Å². The summed E-state index contributed by atoms with van der Waals surface area (Å²) in [6, 6.07) is 5.95. The molecular weight excluding hydrogens is 315 g/mol. The minimum Gasteiger partial charge on any atom is -0.330 e. The normalized spacial score (nSPS) is 12.2. The SMILES string of the molecule is CCC(CN)C(=O)Nc1ccc(I)cc1C. The molecule has 88 valence electrons. The topological polar surface area (TPSA) is 55.1 Å². The standard InChI is InChI=1S/C12H17IN2O/c1-3-9(7-14)12(16)15-11-5-4-10(13)6-8(11)2/h4-6,9H,3,7,14H2,1-2H3,(H,15,16). The number of nitrogens with one attached hydrogen (secondary N) is 1. The summed E-state index contributed by atoms with van der Waals surface area (Å²) in [5, 5.41) is 2.92. The molecule has 3 N–H and O–H groups in total. The Kier molecular flexibility index (Phi) is 5.21. The van der Waals surface area contributed by atoms with E-state index in [9.17, 15) is 4.79 Å². The Morgan fingerprint density at radius 2 is 2.25 bits per heavy atom. The van der Waals surface area contributed by atoms with Gasteiger partial charge in [0, 0.05) is 15.8 Å². The smallest absolute Gasteiger partial charge is 0.228 e. The number of amides is 1. The van der Waals surface area contributed by atoms with Crippen molar-refractivity contribution in [3.63, 3.8) is 0 Å². The molecule has 0 spiro atoms. The van der Waals surface area contributed by atoms with Gasteiger partial charge in [-0.2, -0.15) is 0 Å². The lowest BCUT2D eigenvalue weighted by Crippen LogP contribution is -2.28. The maximum Gasteiger partial charge on any atom is 0.228 e. The van der Waals surface area contributed by atoms with Crippen LogP contribution in [0.4, 0.5) is 5.69 Å². The fraction of sp³-hybridized carbons (Fsp3) is 0.417. The van der Waals surface area contributed by atoms with Gasteiger partial charge in [-0.3, -0.25) is 4.79 Å². The van der Waals surface area contributed by atoms with E-state index in [0.29, 0.717) is 6.54 Å². The summed E-state index contributed by atoms with van der Waals surface area (Å²) < 4.78 is 1.17. The van der Waals surface area contributed by atoms with Crippen LogP contribution in [0.1, 0.15) is 18.9 Å². The molecule has 0 saturated carbocycles. The van der Waals surface area contributed by atoms with Gasteiger partial charge >= 0.3 is 0 Å². The number of halogens is 1. The van der Waals surface area contributed by atoms with Crippen molar-refractivity contribution >= 4 is 34.2 Å². The number of benzene rings is 1. The van der Waals surface area contributed by atoms with Crippen molar-refractivity contribution < 1.29 is 4.79 Å². The summed E-state index contributed by atoms with van der Waals surface area (Å²) in [6.45, 7) is 4.35. The van der Waals surface area contributed by atoms with Crippen LogP contribution in [0.3, 0.4) is 0 Å². The van der Waals surface area contributed by atoms with Crippen LogP contribution in [-0.2, 0) is 4.79 Å². The number of carbonyl (C=O) groups excluding carboxylic acids is 1. The summed E-state index contributed by atoms with van der Waals surface area (Å²) in [4.78, 5) is 11.8. The molecule has 0 radical (unpaired) electrons. The molecule has 4 heteroatoms. The maximum absolute atomic E-state index is 11.8. The second-order valence-electron chi connectivity index (χ2n) is 3.79. The molecule has 0 bridgehead atoms. The highest BCUT2D eigenvalue weighted by Gasteiger charge is 2.15. The molecule has 1 atom stereocenters. The minimum atomic E-state index is -0.0984. The van der Waals surface area contributed by atoms with Gasteiger partial charge in [0.15, 0.2) is 0 Å². The Morgan fingerprint density at radius 3 is 2.75 bits per heavy atom. The van der Waals surface area contributed by atoms with Gasteiger partial charge in [-0.05, 0) is 59.7 Å². The van der Waals surface area contributed by atoms with Gasteiger partial charge in [0.2, 0.25) is 5.91 Å². The molecule has 0 aliphatic carbocycles. The molecule has 0 aromatic heterocycles. The minimum absolute atomic E-state index is 0.00862. The Morgan fingerprint density at radius 1 is 1.56 bits per heavy atom.